The van der Waals surface area contributed by atoms with Gasteiger partial charge in [0.15, 0.2) is 5.57 Å². The highest BCUT2D eigenvalue weighted by molar-refractivity contribution is 7.80. The van der Waals surface area contributed by atoms with Crippen LogP contribution in [0.2, 0.25) is 0 Å². The van der Waals surface area contributed by atoms with E-state index in [2.05, 4.69) is 227 Å². The highest BCUT2D eigenvalue weighted by atomic mass is 31.1. The minimum Gasteiger partial charge on any atom is -0.256 e. The molecule has 1 unspecified atom stereocenters. The summed E-state index contributed by atoms with van der Waals surface area (Å²) in [5, 5.41) is 10.4. The van der Waals surface area contributed by atoms with Gasteiger partial charge in [0.25, 0.3) is 0 Å². The second-order valence-corrected chi connectivity index (χ2v) is 20.0. The van der Waals surface area contributed by atoms with Gasteiger partial charge < -0.3 is 0 Å². The average molecular weight is 891 g/mol. The Balaban J connectivity index is 0.000000156. The molecule has 0 aliphatic carbocycles. The second kappa shape index (κ2) is 24.5. The fourth-order valence-corrected chi connectivity index (χ4v) is 13.4. The molecule has 8 heteroatoms. The lowest BCUT2D eigenvalue weighted by atomic mass is 10.2. The average Bonchev–Trinajstić information content (AvgIpc) is 3.35. The monoisotopic (exact) mass is 890 g/mol. The van der Waals surface area contributed by atoms with Gasteiger partial charge in [-0.05, 0) is 61.5 Å². The molecule has 0 spiro atoms. The number of pyridine rings is 2. The topological polar surface area (TPSA) is 51.6 Å². The summed E-state index contributed by atoms with van der Waals surface area (Å²) in [6.45, 7) is 0. The van der Waals surface area contributed by atoms with Crippen molar-refractivity contribution in [3.8, 4) is 0 Å². The first-order valence-electron chi connectivity index (χ1n) is 20.1. The van der Waals surface area contributed by atoms with Crippen LogP contribution in [-0.4, -0.2) is 19.9 Å². The molecule has 7 aromatic carbocycles. The minimum atomic E-state index is -0.668. The zero-order valence-corrected chi connectivity index (χ0v) is 38.3. The van der Waals surface area contributed by atoms with Crippen LogP contribution in [0.1, 0.15) is 7.43 Å². The smallest absolute Gasteiger partial charge is 0.159 e. The number of fused-ring (bicyclic) bond motifs is 1. The van der Waals surface area contributed by atoms with Crippen molar-refractivity contribution in [1.82, 2.24) is 19.9 Å². The van der Waals surface area contributed by atoms with E-state index < -0.39 is 23.8 Å². The Morgan fingerprint density at radius 1 is 0.270 bits per heavy atom. The molecule has 0 amide bonds. The van der Waals surface area contributed by atoms with Gasteiger partial charge in [-0.25, -0.2) is 9.97 Å². The third-order valence-electron chi connectivity index (χ3n) is 9.58. The van der Waals surface area contributed by atoms with E-state index in [1.54, 1.807) is 0 Å². The van der Waals surface area contributed by atoms with Gasteiger partial charge in [0.2, 0.25) is 0 Å². The van der Waals surface area contributed by atoms with Crippen LogP contribution < -0.4 is 48.3 Å². The molecule has 0 bridgehead atoms. The largest absolute Gasteiger partial charge is 0.256 e. The number of hydrogen-bond acceptors (Lipinski definition) is 4. The summed E-state index contributed by atoms with van der Waals surface area (Å²) in [7, 11) is -1.88. The third-order valence-corrected chi connectivity index (χ3v) is 16.6. The van der Waals surface area contributed by atoms with E-state index in [9.17, 15) is 0 Å². The van der Waals surface area contributed by atoms with Gasteiger partial charge in [0.1, 0.15) is 0 Å². The van der Waals surface area contributed by atoms with Crippen molar-refractivity contribution < 1.29 is 0 Å². The van der Waals surface area contributed by atoms with Crippen molar-refractivity contribution in [2.75, 3.05) is 0 Å². The van der Waals surface area contributed by atoms with Crippen LogP contribution in [0, 0.1) is 0 Å². The Labute approximate surface area is 379 Å². The molecule has 0 aliphatic rings. The molecule has 0 fully saturated rings. The molecule has 0 aliphatic heterocycles. The Bertz CT molecular complexity index is 2440. The van der Waals surface area contributed by atoms with Crippen molar-refractivity contribution >= 4 is 92.7 Å². The van der Waals surface area contributed by atoms with Crippen LogP contribution in [0.25, 0.3) is 10.8 Å². The molecule has 10 rings (SSSR count). The Kier molecular flexibility index (Phi) is 18.1. The van der Waals surface area contributed by atoms with E-state index in [0.717, 1.165) is 11.0 Å². The van der Waals surface area contributed by atoms with Crippen LogP contribution in [-0.2, 0) is 0 Å². The van der Waals surface area contributed by atoms with Gasteiger partial charge >= 0.3 is 0 Å². The Hall–Kier alpha value is -6.10. The van der Waals surface area contributed by atoms with Crippen LogP contribution >= 0.6 is 33.7 Å². The van der Waals surface area contributed by atoms with E-state index >= 15 is 0 Å². The van der Waals surface area contributed by atoms with E-state index in [1.165, 1.54) is 48.0 Å². The molecule has 63 heavy (non-hydrogen) atoms. The maximum Gasteiger partial charge on any atom is 0.159 e. The summed E-state index contributed by atoms with van der Waals surface area (Å²) in [6.07, 6.45) is 7.42. The summed E-state index contributed by atoms with van der Waals surface area (Å²) < 4.78 is 0. The second-order valence-electron chi connectivity index (χ2n) is 13.6. The lowest BCUT2D eigenvalue weighted by Crippen LogP contribution is -2.24. The highest BCUT2D eigenvalue weighted by Gasteiger charge is 2.21. The van der Waals surface area contributed by atoms with E-state index in [-0.39, 0.29) is 17.3 Å². The lowest BCUT2D eigenvalue weighted by molar-refractivity contribution is 1.24. The first-order valence-corrected chi connectivity index (χ1v) is 24.1. The zero-order valence-electron chi connectivity index (χ0n) is 34.2. The van der Waals surface area contributed by atoms with Gasteiger partial charge in [-0.15, -0.1) is 0 Å². The van der Waals surface area contributed by atoms with Crippen LogP contribution in [0.3, 0.4) is 0 Å². The normalized spacial score (nSPS) is 10.4. The first kappa shape index (κ1) is 46.4. The summed E-state index contributed by atoms with van der Waals surface area (Å²) in [5.41, 5.74) is 3.22. The fraction of sp³-hybridized carbons (Fsp3) is 0.0182. The Morgan fingerprint density at radius 3 is 1.06 bits per heavy atom. The predicted octanol–water partition coefficient (Wildman–Crippen LogP) is 9.76. The van der Waals surface area contributed by atoms with E-state index in [1.807, 2.05) is 49.1 Å². The maximum atomic E-state index is 4.79. The summed E-state index contributed by atoms with van der Waals surface area (Å²) in [5.74, 6) is 0. The van der Waals surface area contributed by atoms with Crippen LogP contribution in [0.5, 0.6) is 0 Å². The van der Waals surface area contributed by atoms with Gasteiger partial charge in [-0.2, -0.15) is 9.90 Å². The zero-order chi connectivity index (χ0) is 41.3. The molecule has 0 saturated carbocycles. The van der Waals surface area contributed by atoms with E-state index in [0.29, 0.717) is 0 Å². The Morgan fingerprint density at radius 2 is 0.635 bits per heavy atom. The van der Waals surface area contributed by atoms with Crippen molar-refractivity contribution in [3.63, 3.8) is 0 Å². The molecule has 3 heterocycles. The summed E-state index contributed by atoms with van der Waals surface area (Å²) >= 11 is 0. The number of hydrogen-bond donors (Lipinski definition) is 0. The molecule has 0 N–H and O–H groups in total. The molecular weight excluding hydrogens is 841 g/mol. The third kappa shape index (κ3) is 12.3. The van der Waals surface area contributed by atoms with E-state index in [4.69, 9.17) is 4.98 Å². The molecule has 0 radical (unpaired) electrons. The molecule has 4 nitrogen and oxygen atoms in total. The lowest BCUT2D eigenvalue weighted by Gasteiger charge is -2.19. The molecule has 3 aromatic heterocycles. The fourth-order valence-electron chi connectivity index (χ4n) is 6.82. The standard InChI is InChI=1S/C21H16NP.C17H14NP.C16H13N2P.CH4.H3P/c1-3-10-18(11-4-1)23(19-12-5-2-6-13-19)21-20-14-8-7-9-17(20)15-16-22-21;1-3-9-15(10-4-1)19(16-11-5-2-6-12-16)17-13-7-8-14-18-17;1-3-8-14(9-4-1)19(15-10-5-2-6-11-15)16-17-12-7-13-18-16;;/h1-16H;1-14H;1-13H;1H4;1H3. The minimum absolute atomic E-state index is 0. The van der Waals surface area contributed by atoms with Crippen molar-refractivity contribution in [1.29, 1.82) is 0 Å². The van der Waals surface area contributed by atoms with Gasteiger partial charge in [-0.1, -0.05) is 220 Å². The first-order chi connectivity index (χ1) is 30.3. The number of nitrogens with zero attached hydrogens (tertiary/aromatic N) is 4. The van der Waals surface area contributed by atoms with Crippen molar-refractivity contribution in [2.24, 2.45) is 0 Å². The molecule has 0 saturated heterocycles. The maximum absolute atomic E-state index is 4.79. The number of rotatable bonds is 9. The number of aromatic nitrogens is 4. The molecule has 1 atom stereocenters. The van der Waals surface area contributed by atoms with Gasteiger partial charge in [0.05, 0.1) is 10.9 Å². The molecular formula is C55H50N4P4. The van der Waals surface area contributed by atoms with Gasteiger partial charge in [0, 0.05) is 53.9 Å². The SMILES string of the molecule is C.P.c1ccc(P(c2ccccc2)c2ccccn2)cc1.c1ccc(P(c2ccccc2)c2nccc3ccccc23)cc1.c1ccc(P(c2ccccc2)c2ncccn2)cc1. The van der Waals surface area contributed by atoms with Crippen molar-refractivity contribution in [2.45, 2.75) is 7.43 Å². The van der Waals surface area contributed by atoms with Crippen LogP contribution in [0.4, 0.5) is 0 Å². The summed E-state index contributed by atoms with van der Waals surface area (Å²) in [6, 6.07) is 82.2. The number of benzene rings is 7. The predicted molar refractivity (Wildman–Crippen MR) is 282 cm³/mol. The van der Waals surface area contributed by atoms with Crippen LogP contribution in [0.15, 0.2) is 261 Å². The highest BCUT2D eigenvalue weighted by Crippen LogP contribution is 2.35. The molecule has 10 aromatic rings. The van der Waals surface area contributed by atoms with Crippen molar-refractivity contribution in [3.05, 3.63) is 261 Å². The van der Waals surface area contributed by atoms with Gasteiger partial charge in [-0.3, -0.25) is 9.97 Å². The molecule has 310 valence electrons. The quantitative estimate of drug-likeness (QED) is 0.136. The summed E-state index contributed by atoms with van der Waals surface area (Å²) in [4.78, 5) is 18.2.